The molecule has 0 bridgehead atoms. The number of piperidine rings is 1. The maximum atomic E-state index is 5.05. The molecule has 2 heterocycles. The van der Waals surface area contributed by atoms with Crippen molar-refractivity contribution in [2.24, 2.45) is 5.41 Å². The predicted molar refractivity (Wildman–Crippen MR) is 89.2 cm³/mol. The number of hydrogen-bond donors (Lipinski definition) is 1. The molecule has 4 rings (SSSR count). The summed E-state index contributed by atoms with van der Waals surface area (Å²) in [4.78, 5) is 9.09. The second-order valence-corrected chi connectivity index (χ2v) is 8.95. The third kappa shape index (κ3) is 3.26. The van der Waals surface area contributed by atoms with Gasteiger partial charge >= 0.3 is 0 Å². The van der Waals surface area contributed by atoms with Crippen LogP contribution < -0.4 is 10.2 Å². The highest BCUT2D eigenvalue weighted by atomic mass is 32.1. The number of nitrogens with zero attached hydrogens (tertiary/aromatic N) is 2. The summed E-state index contributed by atoms with van der Waals surface area (Å²) < 4.78 is 0. The Balaban J connectivity index is 1.48. The van der Waals surface area contributed by atoms with Crippen molar-refractivity contribution in [2.45, 2.75) is 70.9 Å². The first-order chi connectivity index (χ1) is 10.1. The van der Waals surface area contributed by atoms with Crippen LogP contribution >= 0.6 is 11.3 Å². The van der Waals surface area contributed by atoms with E-state index in [1.165, 1.54) is 67.3 Å². The lowest BCUT2D eigenvalue weighted by atomic mass is 9.83. The quantitative estimate of drug-likeness (QED) is 0.894. The van der Waals surface area contributed by atoms with Gasteiger partial charge in [-0.3, -0.25) is 0 Å². The van der Waals surface area contributed by atoms with Gasteiger partial charge in [-0.2, -0.15) is 0 Å². The minimum atomic E-state index is 0.517. The molecule has 0 amide bonds. The number of nitrogens with one attached hydrogen (secondary N) is 1. The van der Waals surface area contributed by atoms with Gasteiger partial charge in [-0.25, -0.2) is 4.98 Å². The van der Waals surface area contributed by atoms with E-state index >= 15 is 0 Å². The largest absolute Gasteiger partial charge is 0.348 e. The van der Waals surface area contributed by atoms with Crippen LogP contribution in [0.1, 0.15) is 68.9 Å². The Kier molecular flexibility index (Phi) is 3.49. The smallest absolute Gasteiger partial charge is 0.185 e. The highest BCUT2D eigenvalue weighted by Gasteiger charge is 2.33. The molecule has 0 radical (unpaired) electrons. The second kappa shape index (κ2) is 5.24. The molecule has 0 spiro atoms. The van der Waals surface area contributed by atoms with Gasteiger partial charge in [-0.1, -0.05) is 13.8 Å². The van der Waals surface area contributed by atoms with Crippen molar-refractivity contribution in [1.29, 1.82) is 0 Å². The summed E-state index contributed by atoms with van der Waals surface area (Å²) in [6, 6.07) is 0.790. The van der Waals surface area contributed by atoms with Gasteiger partial charge < -0.3 is 10.2 Å². The van der Waals surface area contributed by atoms with E-state index in [1.54, 1.807) is 0 Å². The van der Waals surface area contributed by atoms with Crippen molar-refractivity contribution in [3.8, 4) is 0 Å². The molecule has 3 nitrogen and oxygen atoms in total. The van der Waals surface area contributed by atoms with Crippen LogP contribution in [0.5, 0.6) is 0 Å². The highest BCUT2D eigenvalue weighted by Crippen LogP contribution is 2.45. The Hall–Kier alpha value is -0.610. The van der Waals surface area contributed by atoms with Gasteiger partial charge in [-0.05, 0) is 43.9 Å². The molecule has 2 saturated carbocycles. The normalized spacial score (nSPS) is 25.3. The zero-order chi connectivity index (χ0) is 14.4. The number of rotatable bonds is 5. The number of hydrogen-bond acceptors (Lipinski definition) is 4. The minimum Gasteiger partial charge on any atom is -0.348 e. The Labute approximate surface area is 132 Å². The fourth-order valence-electron chi connectivity index (χ4n) is 3.12. The van der Waals surface area contributed by atoms with Gasteiger partial charge in [0.25, 0.3) is 0 Å². The fourth-order valence-corrected chi connectivity index (χ4v) is 4.26. The third-order valence-corrected chi connectivity index (χ3v) is 6.33. The Bertz CT molecular complexity index is 504. The summed E-state index contributed by atoms with van der Waals surface area (Å²) in [7, 11) is 0. The van der Waals surface area contributed by atoms with Crippen LogP contribution in [0.3, 0.4) is 0 Å². The molecular formula is C17H27N3S. The molecule has 3 fully saturated rings. The van der Waals surface area contributed by atoms with E-state index in [1.807, 2.05) is 11.3 Å². The average molecular weight is 305 g/mol. The molecule has 4 heteroatoms. The molecule has 0 unspecified atom stereocenters. The van der Waals surface area contributed by atoms with Crippen LogP contribution in [0.15, 0.2) is 0 Å². The molecule has 116 valence electrons. The summed E-state index contributed by atoms with van der Waals surface area (Å²) in [6.07, 6.45) is 8.03. The third-order valence-electron chi connectivity index (χ3n) is 5.20. The van der Waals surface area contributed by atoms with Crippen molar-refractivity contribution in [3.63, 3.8) is 0 Å². The van der Waals surface area contributed by atoms with Crippen molar-refractivity contribution in [1.82, 2.24) is 10.3 Å². The van der Waals surface area contributed by atoms with Crippen molar-refractivity contribution < 1.29 is 0 Å². The van der Waals surface area contributed by atoms with E-state index in [0.717, 1.165) is 18.5 Å². The molecule has 2 aliphatic carbocycles. The SMILES string of the molecule is CC1(C)CCN(c2nc(C3CC3)c(CNC3CC3)s2)CC1. The fraction of sp³-hybridized carbons (Fsp3) is 0.824. The summed E-state index contributed by atoms with van der Waals surface area (Å²) in [5.74, 6) is 0.771. The Morgan fingerprint density at radius 1 is 1.19 bits per heavy atom. The molecule has 3 aliphatic rings. The van der Waals surface area contributed by atoms with Crippen molar-refractivity contribution in [2.75, 3.05) is 18.0 Å². The van der Waals surface area contributed by atoms with Crippen LogP contribution in [-0.4, -0.2) is 24.1 Å². The summed E-state index contributed by atoms with van der Waals surface area (Å²) in [6.45, 7) is 8.20. The molecule has 1 aromatic heterocycles. The second-order valence-electron chi connectivity index (χ2n) is 7.89. The van der Waals surface area contributed by atoms with Crippen molar-refractivity contribution >= 4 is 16.5 Å². The molecule has 21 heavy (non-hydrogen) atoms. The van der Waals surface area contributed by atoms with E-state index in [2.05, 4.69) is 24.1 Å². The molecule has 1 saturated heterocycles. The van der Waals surface area contributed by atoms with Gasteiger partial charge in [0.2, 0.25) is 0 Å². The van der Waals surface area contributed by atoms with E-state index in [9.17, 15) is 0 Å². The molecule has 1 aromatic rings. The lowest BCUT2D eigenvalue weighted by molar-refractivity contribution is 0.279. The molecule has 1 aliphatic heterocycles. The summed E-state index contributed by atoms with van der Waals surface area (Å²) in [5, 5.41) is 4.97. The lowest BCUT2D eigenvalue weighted by Crippen LogP contribution is -2.37. The van der Waals surface area contributed by atoms with E-state index < -0.39 is 0 Å². The lowest BCUT2D eigenvalue weighted by Gasteiger charge is -2.36. The monoisotopic (exact) mass is 305 g/mol. The van der Waals surface area contributed by atoms with Gasteiger partial charge in [-0.15, -0.1) is 11.3 Å². The summed E-state index contributed by atoms with van der Waals surface area (Å²) in [5.41, 5.74) is 1.94. The van der Waals surface area contributed by atoms with Crippen LogP contribution in [0, 0.1) is 5.41 Å². The van der Waals surface area contributed by atoms with E-state index in [-0.39, 0.29) is 0 Å². The zero-order valence-corrected chi connectivity index (χ0v) is 14.1. The maximum Gasteiger partial charge on any atom is 0.185 e. The van der Waals surface area contributed by atoms with Gasteiger partial charge in [0.1, 0.15) is 0 Å². The number of aromatic nitrogens is 1. The summed E-state index contributed by atoms with van der Waals surface area (Å²) >= 11 is 1.96. The molecule has 0 atom stereocenters. The van der Waals surface area contributed by atoms with E-state index in [4.69, 9.17) is 4.98 Å². The highest BCUT2D eigenvalue weighted by molar-refractivity contribution is 7.15. The minimum absolute atomic E-state index is 0.517. The van der Waals surface area contributed by atoms with Gasteiger partial charge in [0.05, 0.1) is 5.69 Å². The van der Waals surface area contributed by atoms with Crippen LogP contribution in [0.2, 0.25) is 0 Å². The van der Waals surface area contributed by atoms with Crippen molar-refractivity contribution in [3.05, 3.63) is 10.6 Å². The first-order valence-corrected chi connectivity index (χ1v) is 9.40. The topological polar surface area (TPSA) is 28.2 Å². The number of thiazole rings is 1. The zero-order valence-electron chi connectivity index (χ0n) is 13.3. The average Bonchev–Trinajstić information content (AvgIpc) is 3.36. The first kappa shape index (κ1) is 14.0. The molecular weight excluding hydrogens is 278 g/mol. The number of anilines is 1. The van der Waals surface area contributed by atoms with Gasteiger partial charge in [0.15, 0.2) is 5.13 Å². The van der Waals surface area contributed by atoms with Crippen LogP contribution in [-0.2, 0) is 6.54 Å². The predicted octanol–water partition coefficient (Wildman–Crippen LogP) is 3.90. The first-order valence-electron chi connectivity index (χ1n) is 8.59. The van der Waals surface area contributed by atoms with Crippen LogP contribution in [0.25, 0.3) is 0 Å². The maximum absolute atomic E-state index is 5.05. The Morgan fingerprint density at radius 3 is 2.52 bits per heavy atom. The standard InChI is InChI=1S/C17H27N3S/c1-17(2)7-9-20(10-8-17)16-19-15(12-3-4-12)14(21-16)11-18-13-5-6-13/h12-13,18H,3-11H2,1-2H3. The van der Waals surface area contributed by atoms with Crippen LogP contribution in [0.4, 0.5) is 5.13 Å². The molecule has 1 N–H and O–H groups in total. The Morgan fingerprint density at radius 2 is 1.90 bits per heavy atom. The molecule has 0 aromatic carbocycles. The van der Waals surface area contributed by atoms with Gasteiger partial charge in [0, 0.05) is 36.5 Å². The van der Waals surface area contributed by atoms with E-state index in [0.29, 0.717) is 5.41 Å².